The first-order chi connectivity index (χ1) is 9.85. The largest absolute Gasteiger partial charge is 0.493 e. The minimum absolute atomic E-state index is 0.0522. The lowest BCUT2D eigenvalue weighted by molar-refractivity contribution is -0.122. The Morgan fingerprint density at radius 1 is 1.38 bits per heavy atom. The molecule has 0 aromatic heterocycles. The lowest BCUT2D eigenvalue weighted by Crippen LogP contribution is -2.36. The molecule has 1 aliphatic heterocycles. The third-order valence-electron chi connectivity index (χ3n) is 3.51. The zero-order valence-corrected chi connectivity index (χ0v) is 13.2. The maximum atomic E-state index is 11.8. The molecule has 1 heterocycles. The number of rotatable bonds is 5. The van der Waals surface area contributed by atoms with Gasteiger partial charge in [0.15, 0.2) is 9.84 Å². The summed E-state index contributed by atoms with van der Waals surface area (Å²) < 4.78 is 28.2. The molecule has 1 aliphatic rings. The number of sulfone groups is 1. The third kappa shape index (κ3) is 4.74. The molecule has 1 N–H and O–H groups in total. The fourth-order valence-electron chi connectivity index (χ4n) is 2.42. The zero-order chi connectivity index (χ0) is 15.5. The van der Waals surface area contributed by atoms with Gasteiger partial charge in [0, 0.05) is 6.04 Å². The van der Waals surface area contributed by atoms with Crippen LogP contribution in [0.15, 0.2) is 18.2 Å². The van der Waals surface area contributed by atoms with Crippen molar-refractivity contribution in [3.63, 3.8) is 0 Å². The van der Waals surface area contributed by atoms with Gasteiger partial charge >= 0.3 is 0 Å². The molecule has 0 bridgehead atoms. The van der Waals surface area contributed by atoms with Crippen LogP contribution in [-0.2, 0) is 14.6 Å². The molecule has 1 fully saturated rings. The molecular formula is C15H21NO4S. The Morgan fingerprint density at radius 3 is 2.76 bits per heavy atom. The first kappa shape index (κ1) is 15.8. The molecule has 1 unspecified atom stereocenters. The number of hydrogen-bond donors (Lipinski definition) is 1. The van der Waals surface area contributed by atoms with Crippen molar-refractivity contribution in [2.45, 2.75) is 32.7 Å². The average Bonchev–Trinajstić information content (AvgIpc) is 2.71. The highest BCUT2D eigenvalue weighted by Gasteiger charge is 2.28. The summed E-state index contributed by atoms with van der Waals surface area (Å²) in [5.74, 6) is 0.826. The Hall–Kier alpha value is -1.56. The minimum atomic E-state index is -2.96. The molecule has 1 aromatic carbocycles. The van der Waals surface area contributed by atoms with Gasteiger partial charge in [-0.3, -0.25) is 4.79 Å². The highest BCUT2D eigenvalue weighted by molar-refractivity contribution is 7.91. The van der Waals surface area contributed by atoms with E-state index in [1.807, 2.05) is 32.0 Å². The fourth-order valence-corrected chi connectivity index (χ4v) is 4.10. The molecule has 5 nitrogen and oxygen atoms in total. The maximum absolute atomic E-state index is 11.8. The van der Waals surface area contributed by atoms with Crippen molar-refractivity contribution in [2.75, 3.05) is 18.1 Å². The van der Waals surface area contributed by atoms with Gasteiger partial charge in [-0.1, -0.05) is 17.7 Å². The molecule has 0 saturated carbocycles. The monoisotopic (exact) mass is 311 g/mol. The summed E-state index contributed by atoms with van der Waals surface area (Å²) in [5.41, 5.74) is 2.21. The topological polar surface area (TPSA) is 72.5 Å². The lowest BCUT2D eigenvalue weighted by atomic mass is 10.1. The van der Waals surface area contributed by atoms with Crippen LogP contribution in [0.3, 0.4) is 0 Å². The molecule has 2 rings (SSSR count). The van der Waals surface area contributed by atoms with Crippen molar-refractivity contribution < 1.29 is 17.9 Å². The minimum Gasteiger partial charge on any atom is -0.493 e. The standard InChI is InChI=1S/C15H21NO4S/c1-11-3-4-14(12(2)9-11)20-7-5-15(17)16-13-6-8-21(18,19)10-13/h3-4,9,13H,5-8,10H2,1-2H3,(H,16,17). The Kier molecular flexibility index (Phi) is 4.88. The van der Waals surface area contributed by atoms with Gasteiger partial charge in [0.1, 0.15) is 5.75 Å². The summed E-state index contributed by atoms with van der Waals surface area (Å²) in [7, 11) is -2.96. The van der Waals surface area contributed by atoms with E-state index >= 15 is 0 Å². The lowest BCUT2D eigenvalue weighted by Gasteiger charge is -2.12. The maximum Gasteiger partial charge on any atom is 0.223 e. The van der Waals surface area contributed by atoms with Crippen LogP contribution < -0.4 is 10.1 Å². The van der Waals surface area contributed by atoms with Crippen molar-refractivity contribution in [3.8, 4) is 5.75 Å². The van der Waals surface area contributed by atoms with Gasteiger partial charge in [-0.2, -0.15) is 0 Å². The normalized spacial score (nSPS) is 20.2. The van der Waals surface area contributed by atoms with Gasteiger partial charge in [0.05, 0.1) is 24.5 Å². The second kappa shape index (κ2) is 6.47. The van der Waals surface area contributed by atoms with Gasteiger partial charge in [0.2, 0.25) is 5.91 Å². The van der Waals surface area contributed by atoms with Crippen LogP contribution in [0.25, 0.3) is 0 Å². The summed E-state index contributed by atoms with van der Waals surface area (Å²) in [6.45, 7) is 4.26. The van der Waals surface area contributed by atoms with Crippen LogP contribution in [0.5, 0.6) is 5.75 Å². The van der Waals surface area contributed by atoms with Gasteiger partial charge in [0.25, 0.3) is 0 Å². The van der Waals surface area contributed by atoms with E-state index in [4.69, 9.17) is 4.74 Å². The van der Waals surface area contributed by atoms with Crippen molar-refractivity contribution in [3.05, 3.63) is 29.3 Å². The van der Waals surface area contributed by atoms with Gasteiger partial charge in [-0.05, 0) is 31.9 Å². The molecule has 0 radical (unpaired) electrons. The van der Waals surface area contributed by atoms with Crippen LogP contribution in [0.4, 0.5) is 0 Å². The van der Waals surface area contributed by atoms with E-state index in [-0.39, 0.29) is 36.5 Å². The molecule has 0 spiro atoms. The van der Waals surface area contributed by atoms with Crippen LogP contribution in [0.2, 0.25) is 0 Å². The Morgan fingerprint density at radius 2 is 2.14 bits per heavy atom. The number of amides is 1. The number of hydrogen-bond acceptors (Lipinski definition) is 4. The Bertz CT molecular complexity index is 625. The van der Waals surface area contributed by atoms with Gasteiger partial charge < -0.3 is 10.1 Å². The molecule has 1 amide bonds. The van der Waals surface area contributed by atoms with E-state index in [0.29, 0.717) is 6.42 Å². The molecular weight excluding hydrogens is 290 g/mol. The highest BCUT2D eigenvalue weighted by atomic mass is 32.2. The fraction of sp³-hybridized carbons (Fsp3) is 0.533. The number of nitrogens with one attached hydrogen (secondary N) is 1. The third-order valence-corrected chi connectivity index (χ3v) is 5.28. The van der Waals surface area contributed by atoms with E-state index in [9.17, 15) is 13.2 Å². The molecule has 116 valence electrons. The predicted molar refractivity (Wildman–Crippen MR) is 81.2 cm³/mol. The van der Waals surface area contributed by atoms with Crippen molar-refractivity contribution >= 4 is 15.7 Å². The SMILES string of the molecule is Cc1ccc(OCCC(=O)NC2CCS(=O)(=O)C2)c(C)c1. The summed E-state index contributed by atoms with van der Waals surface area (Å²) in [6, 6.07) is 5.64. The number of benzene rings is 1. The summed E-state index contributed by atoms with van der Waals surface area (Å²) in [6.07, 6.45) is 0.732. The van der Waals surface area contributed by atoms with Gasteiger partial charge in [-0.25, -0.2) is 8.42 Å². The van der Waals surface area contributed by atoms with Crippen molar-refractivity contribution in [1.82, 2.24) is 5.32 Å². The first-order valence-corrected chi connectivity index (χ1v) is 8.88. The van der Waals surface area contributed by atoms with Crippen molar-refractivity contribution in [1.29, 1.82) is 0 Å². The second-order valence-corrected chi connectivity index (χ2v) is 7.76. The van der Waals surface area contributed by atoms with Crippen LogP contribution in [-0.4, -0.2) is 38.5 Å². The van der Waals surface area contributed by atoms with Crippen LogP contribution in [0.1, 0.15) is 24.0 Å². The molecule has 6 heteroatoms. The summed E-state index contributed by atoms with van der Waals surface area (Å²) >= 11 is 0. The van der Waals surface area contributed by atoms with E-state index in [2.05, 4.69) is 5.32 Å². The second-order valence-electron chi connectivity index (χ2n) is 5.53. The molecule has 0 aliphatic carbocycles. The average molecular weight is 311 g/mol. The highest BCUT2D eigenvalue weighted by Crippen LogP contribution is 2.18. The first-order valence-electron chi connectivity index (χ1n) is 7.05. The number of aryl methyl sites for hydroxylation is 2. The molecule has 1 saturated heterocycles. The molecule has 1 aromatic rings. The number of carbonyl (C=O) groups is 1. The zero-order valence-electron chi connectivity index (χ0n) is 12.4. The number of carbonyl (C=O) groups excluding carboxylic acids is 1. The number of ether oxygens (including phenoxy) is 1. The Balaban J connectivity index is 1.74. The quantitative estimate of drug-likeness (QED) is 0.891. The van der Waals surface area contributed by atoms with Crippen molar-refractivity contribution in [2.24, 2.45) is 0 Å². The molecule has 1 atom stereocenters. The smallest absolute Gasteiger partial charge is 0.223 e. The summed E-state index contributed by atoms with van der Waals surface area (Å²) in [4.78, 5) is 11.8. The molecule has 21 heavy (non-hydrogen) atoms. The summed E-state index contributed by atoms with van der Waals surface area (Å²) in [5, 5.41) is 2.75. The predicted octanol–water partition coefficient (Wildman–Crippen LogP) is 1.38. The van der Waals surface area contributed by atoms with Gasteiger partial charge in [-0.15, -0.1) is 0 Å². The van der Waals surface area contributed by atoms with Crippen LogP contribution in [0, 0.1) is 13.8 Å². The van der Waals surface area contributed by atoms with E-state index < -0.39 is 9.84 Å². The Labute approximate surface area is 125 Å². The van der Waals surface area contributed by atoms with Crippen LogP contribution >= 0.6 is 0 Å². The van der Waals surface area contributed by atoms with E-state index in [1.165, 1.54) is 5.56 Å². The van der Waals surface area contributed by atoms with E-state index in [1.54, 1.807) is 0 Å². The van der Waals surface area contributed by atoms with E-state index in [0.717, 1.165) is 11.3 Å².